The number of nitrogens with zero attached hydrogens (tertiary/aromatic N) is 2. The van der Waals surface area contributed by atoms with Gasteiger partial charge in [-0.3, -0.25) is 0 Å². The Morgan fingerprint density at radius 2 is 2.36 bits per heavy atom. The molecule has 0 radical (unpaired) electrons. The first-order chi connectivity index (χ1) is 5.42. The Balaban J connectivity index is 2.79. The quantitative estimate of drug-likeness (QED) is 0.661. The molecular formula is C8H7BrN2. The predicted molar refractivity (Wildman–Crippen MR) is 47.8 cm³/mol. The summed E-state index contributed by atoms with van der Waals surface area (Å²) in [7, 11) is 0. The van der Waals surface area contributed by atoms with Crippen molar-refractivity contribution in [2.24, 2.45) is 0 Å². The molecule has 2 aromatic heterocycles. The lowest BCUT2D eigenvalue weighted by atomic mass is 10.3. The van der Waals surface area contributed by atoms with Crippen molar-refractivity contribution in [3.8, 4) is 0 Å². The second-order valence-corrected chi connectivity index (χ2v) is 2.89. The minimum atomic E-state index is 0.856. The summed E-state index contributed by atoms with van der Waals surface area (Å²) in [4.78, 5) is 4.22. The molecule has 0 aliphatic rings. The molecule has 0 unspecified atom stereocenters. The highest BCUT2D eigenvalue weighted by Gasteiger charge is 1.97. The summed E-state index contributed by atoms with van der Waals surface area (Å²) >= 11 is 3.41. The summed E-state index contributed by atoms with van der Waals surface area (Å²) in [6.07, 6.45) is 5.75. The third-order valence-electron chi connectivity index (χ3n) is 1.64. The molecule has 2 rings (SSSR count). The zero-order valence-electron chi connectivity index (χ0n) is 5.87. The van der Waals surface area contributed by atoms with Crippen LogP contribution in [0.25, 0.3) is 5.65 Å². The van der Waals surface area contributed by atoms with Crippen molar-refractivity contribution in [1.82, 2.24) is 9.38 Å². The number of hydrogen-bond acceptors (Lipinski definition) is 1. The van der Waals surface area contributed by atoms with E-state index >= 15 is 0 Å². The monoisotopic (exact) mass is 210 g/mol. The van der Waals surface area contributed by atoms with E-state index in [4.69, 9.17) is 0 Å². The van der Waals surface area contributed by atoms with Crippen LogP contribution in [0.1, 0.15) is 5.56 Å². The Hall–Kier alpha value is -0.830. The van der Waals surface area contributed by atoms with Crippen molar-refractivity contribution in [2.75, 3.05) is 0 Å². The minimum absolute atomic E-state index is 0.856. The average molecular weight is 211 g/mol. The molecule has 0 aromatic carbocycles. The van der Waals surface area contributed by atoms with Crippen LogP contribution in [0.15, 0.2) is 30.7 Å². The van der Waals surface area contributed by atoms with E-state index in [1.165, 1.54) is 5.56 Å². The van der Waals surface area contributed by atoms with Gasteiger partial charge in [-0.15, -0.1) is 0 Å². The minimum Gasteiger partial charge on any atom is -0.307 e. The summed E-state index contributed by atoms with van der Waals surface area (Å²) in [5.74, 6) is 0. The molecule has 0 atom stereocenters. The molecule has 0 fully saturated rings. The average Bonchev–Trinajstić information content (AvgIpc) is 2.50. The second-order valence-electron chi connectivity index (χ2n) is 2.33. The van der Waals surface area contributed by atoms with Gasteiger partial charge in [-0.2, -0.15) is 0 Å². The van der Waals surface area contributed by atoms with Gasteiger partial charge in [0.2, 0.25) is 0 Å². The number of rotatable bonds is 1. The first-order valence-corrected chi connectivity index (χ1v) is 4.50. The van der Waals surface area contributed by atoms with Crippen LogP contribution in [0.3, 0.4) is 0 Å². The first kappa shape index (κ1) is 6.85. The molecule has 56 valence electrons. The van der Waals surface area contributed by atoms with E-state index in [1.54, 1.807) is 0 Å². The van der Waals surface area contributed by atoms with Crippen molar-refractivity contribution < 1.29 is 0 Å². The summed E-state index contributed by atoms with van der Waals surface area (Å²) in [5, 5.41) is 0.856. The van der Waals surface area contributed by atoms with E-state index in [1.807, 2.05) is 29.1 Å². The van der Waals surface area contributed by atoms with Crippen molar-refractivity contribution in [2.45, 2.75) is 5.33 Å². The molecule has 2 heterocycles. The Labute approximate surface area is 73.0 Å². The second kappa shape index (κ2) is 2.66. The lowest BCUT2D eigenvalue weighted by Crippen LogP contribution is -1.87. The van der Waals surface area contributed by atoms with Gasteiger partial charge in [-0.25, -0.2) is 4.98 Å². The zero-order valence-corrected chi connectivity index (χ0v) is 7.45. The van der Waals surface area contributed by atoms with Crippen LogP contribution >= 0.6 is 15.9 Å². The van der Waals surface area contributed by atoms with Crippen LogP contribution in [-0.4, -0.2) is 9.38 Å². The smallest absolute Gasteiger partial charge is 0.140 e. The molecule has 3 heteroatoms. The largest absolute Gasteiger partial charge is 0.307 e. The molecule has 2 aromatic rings. The number of aromatic nitrogens is 2. The Morgan fingerprint density at radius 1 is 1.45 bits per heavy atom. The van der Waals surface area contributed by atoms with Gasteiger partial charge in [-0.05, 0) is 6.07 Å². The standard InChI is InChI=1S/C8H7BrN2/c9-6-7-2-1-4-11-5-3-10-8(7)11/h1-5H,6H2. The Bertz CT molecular complexity index is 367. The lowest BCUT2D eigenvalue weighted by molar-refractivity contribution is 1.16. The maximum absolute atomic E-state index is 4.22. The number of imidazole rings is 1. The third-order valence-corrected chi connectivity index (χ3v) is 2.25. The number of halogens is 1. The van der Waals surface area contributed by atoms with Crippen molar-refractivity contribution in [1.29, 1.82) is 0 Å². The van der Waals surface area contributed by atoms with E-state index in [-0.39, 0.29) is 0 Å². The molecule has 0 saturated heterocycles. The molecule has 11 heavy (non-hydrogen) atoms. The molecule has 0 amide bonds. The van der Waals surface area contributed by atoms with Crippen LogP contribution in [-0.2, 0) is 5.33 Å². The van der Waals surface area contributed by atoms with Gasteiger partial charge < -0.3 is 4.40 Å². The van der Waals surface area contributed by atoms with Crippen LogP contribution in [0.4, 0.5) is 0 Å². The van der Waals surface area contributed by atoms with E-state index in [0.29, 0.717) is 0 Å². The fourth-order valence-electron chi connectivity index (χ4n) is 1.11. The maximum atomic E-state index is 4.22. The van der Waals surface area contributed by atoms with E-state index in [9.17, 15) is 0 Å². The normalized spacial score (nSPS) is 10.6. The number of pyridine rings is 1. The molecule has 0 N–H and O–H groups in total. The van der Waals surface area contributed by atoms with Crippen molar-refractivity contribution in [3.63, 3.8) is 0 Å². The Kier molecular flexibility index (Phi) is 1.66. The lowest BCUT2D eigenvalue weighted by Gasteiger charge is -1.97. The summed E-state index contributed by atoms with van der Waals surface area (Å²) < 4.78 is 2.01. The van der Waals surface area contributed by atoms with Crippen molar-refractivity contribution >= 4 is 21.6 Å². The molecule has 0 aliphatic carbocycles. The maximum Gasteiger partial charge on any atom is 0.140 e. The van der Waals surface area contributed by atoms with Crippen LogP contribution in [0.2, 0.25) is 0 Å². The molecule has 0 saturated carbocycles. The predicted octanol–water partition coefficient (Wildman–Crippen LogP) is 2.23. The van der Waals surface area contributed by atoms with Gasteiger partial charge in [-0.1, -0.05) is 22.0 Å². The van der Waals surface area contributed by atoms with Gasteiger partial charge in [0, 0.05) is 29.5 Å². The molecule has 2 nitrogen and oxygen atoms in total. The van der Waals surface area contributed by atoms with Crippen LogP contribution in [0, 0.1) is 0 Å². The molecule has 0 bridgehead atoms. The summed E-state index contributed by atoms with van der Waals surface area (Å²) in [5.41, 5.74) is 2.25. The Morgan fingerprint density at radius 3 is 3.18 bits per heavy atom. The topological polar surface area (TPSA) is 17.3 Å². The van der Waals surface area contributed by atoms with Gasteiger partial charge in [0.15, 0.2) is 0 Å². The third kappa shape index (κ3) is 1.05. The van der Waals surface area contributed by atoms with E-state index in [0.717, 1.165) is 11.0 Å². The molecule has 0 spiro atoms. The fraction of sp³-hybridized carbons (Fsp3) is 0.125. The zero-order chi connectivity index (χ0) is 7.68. The van der Waals surface area contributed by atoms with Crippen molar-refractivity contribution in [3.05, 3.63) is 36.3 Å². The SMILES string of the molecule is BrCc1cccn2ccnc12. The van der Waals surface area contributed by atoms with E-state index in [2.05, 4.69) is 27.0 Å². The van der Waals surface area contributed by atoms with Gasteiger partial charge in [0.1, 0.15) is 5.65 Å². The fourth-order valence-corrected chi connectivity index (χ4v) is 1.55. The van der Waals surface area contributed by atoms with Gasteiger partial charge in [0.05, 0.1) is 0 Å². The number of alkyl halides is 1. The molecular weight excluding hydrogens is 204 g/mol. The number of fused-ring (bicyclic) bond motifs is 1. The molecule has 0 aliphatic heterocycles. The first-order valence-electron chi connectivity index (χ1n) is 3.38. The summed E-state index contributed by atoms with van der Waals surface area (Å²) in [6.45, 7) is 0. The van der Waals surface area contributed by atoms with Gasteiger partial charge >= 0.3 is 0 Å². The summed E-state index contributed by atoms with van der Waals surface area (Å²) in [6, 6.07) is 4.09. The highest BCUT2D eigenvalue weighted by molar-refractivity contribution is 9.08. The highest BCUT2D eigenvalue weighted by atomic mass is 79.9. The van der Waals surface area contributed by atoms with Crippen LogP contribution < -0.4 is 0 Å². The van der Waals surface area contributed by atoms with E-state index < -0.39 is 0 Å². The highest BCUT2D eigenvalue weighted by Crippen LogP contribution is 2.11. The van der Waals surface area contributed by atoms with Gasteiger partial charge in [0.25, 0.3) is 0 Å². The number of hydrogen-bond donors (Lipinski definition) is 0. The van der Waals surface area contributed by atoms with Crippen LogP contribution in [0.5, 0.6) is 0 Å².